The normalized spacial score (nSPS) is 16.8. The number of imidazole rings is 1. The molecule has 1 aliphatic rings. The zero-order valence-electron chi connectivity index (χ0n) is 16.3. The quantitative estimate of drug-likeness (QED) is 0.583. The number of aryl methyl sites for hydroxylation is 1. The minimum Gasteiger partial charge on any atom is -0.376 e. The number of carbonyl (C=O) groups excluding carboxylic acids is 1. The van der Waals surface area contributed by atoms with Gasteiger partial charge in [0.2, 0.25) is 5.91 Å². The Morgan fingerprint density at radius 2 is 2.17 bits per heavy atom. The molecule has 1 atom stereocenters. The summed E-state index contributed by atoms with van der Waals surface area (Å²) in [7, 11) is 0. The number of likely N-dealkylation sites (tertiary alicyclic amines) is 1. The number of amides is 1. The largest absolute Gasteiger partial charge is 0.376 e. The van der Waals surface area contributed by atoms with Crippen molar-refractivity contribution in [3.05, 3.63) is 54.9 Å². The van der Waals surface area contributed by atoms with Gasteiger partial charge in [0.1, 0.15) is 0 Å². The number of hydrogen-bond acceptors (Lipinski definition) is 6. The third-order valence-corrected chi connectivity index (χ3v) is 5.04. The molecule has 29 heavy (non-hydrogen) atoms. The van der Waals surface area contributed by atoms with E-state index in [1.54, 1.807) is 12.5 Å². The van der Waals surface area contributed by atoms with Crippen molar-refractivity contribution in [2.45, 2.75) is 38.3 Å². The van der Waals surface area contributed by atoms with Crippen molar-refractivity contribution in [1.82, 2.24) is 24.6 Å². The number of rotatable bonds is 8. The molecule has 0 radical (unpaired) electrons. The molecule has 1 amide bonds. The van der Waals surface area contributed by atoms with Gasteiger partial charge in [-0.25, -0.2) is 4.98 Å². The monoisotopic (exact) mass is 395 g/mol. The van der Waals surface area contributed by atoms with Crippen LogP contribution < -0.4 is 0 Å². The van der Waals surface area contributed by atoms with Gasteiger partial charge in [-0.05, 0) is 25.0 Å². The molecule has 4 rings (SSSR count). The molecule has 0 N–H and O–H groups in total. The first kappa shape index (κ1) is 19.3. The standard InChI is InChI=1S/C21H25N5O3/c27-20(8-12-25-13-10-22-16-25)26-11-4-7-18(15-26)28-14-9-19-23-21(29-24-19)17-5-2-1-3-6-17/h1-3,5-6,10,13,16,18H,4,7-9,11-12,14-15H2. The Morgan fingerprint density at radius 3 is 3.00 bits per heavy atom. The van der Waals surface area contributed by atoms with Crippen LogP contribution in [0, 0.1) is 0 Å². The van der Waals surface area contributed by atoms with Gasteiger partial charge in [0, 0.05) is 50.4 Å². The predicted octanol–water partition coefficient (Wildman–Crippen LogP) is 2.57. The van der Waals surface area contributed by atoms with Crippen LogP contribution in [0.5, 0.6) is 0 Å². The lowest BCUT2D eigenvalue weighted by Crippen LogP contribution is -2.43. The van der Waals surface area contributed by atoms with E-state index in [2.05, 4.69) is 15.1 Å². The van der Waals surface area contributed by atoms with Crippen LogP contribution in [0.3, 0.4) is 0 Å². The molecule has 1 fully saturated rings. The van der Waals surface area contributed by atoms with E-state index in [-0.39, 0.29) is 12.0 Å². The summed E-state index contributed by atoms with van der Waals surface area (Å²) in [5.41, 5.74) is 0.907. The van der Waals surface area contributed by atoms with Crippen molar-refractivity contribution in [1.29, 1.82) is 0 Å². The Kier molecular flexibility index (Phi) is 6.31. The smallest absolute Gasteiger partial charge is 0.257 e. The van der Waals surface area contributed by atoms with Gasteiger partial charge in [-0.1, -0.05) is 23.4 Å². The van der Waals surface area contributed by atoms with Crippen molar-refractivity contribution in [3.63, 3.8) is 0 Å². The van der Waals surface area contributed by atoms with E-state index in [0.29, 0.717) is 44.3 Å². The van der Waals surface area contributed by atoms with Gasteiger partial charge >= 0.3 is 0 Å². The second kappa shape index (κ2) is 9.47. The van der Waals surface area contributed by atoms with Gasteiger partial charge in [-0.15, -0.1) is 0 Å². The molecule has 0 aliphatic carbocycles. The van der Waals surface area contributed by atoms with Crippen LogP contribution in [-0.4, -0.2) is 56.3 Å². The highest BCUT2D eigenvalue weighted by molar-refractivity contribution is 5.76. The SMILES string of the molecule is O=C(CCn1ccnc1)N1CCCC(OCCc2noc(-c3ccccc3)n2)C1. The number of ether oxygens (including phenoxy) is 1. The van der Waals surface area contributed by atoms with Crippen LogP contribution in [0.1, 0.15) is 25.1 Å². The van der Waals surface area contributed by atoms with E-state index in [4.69, 9.17) is 9.26 Å². The molecule has 1 saturated heterocycles. The minimum absolute atomic E-state index is 0.0569. The lowest BCUT2D eigenvalue weighted by atomic mass is 10.1. The molecule has 8 heteroatoms. The highest BCUT2D eigenvalue weighted by atomic mass is 16.5. The van der Waals surface area contributed by atoms with E-state index in [0.717, 1.165) is 24.9 Å². The van der Waals surface area contributed by atoms with E-state index in [9.17, 15) is 4.79 Å². The molecule has 2 aromatic heterocycles. The van der Waals surface area contributed by atoms with Crippen molar-refractivity contribution in [2.24, 2.45) is 0 Å². The van der Waals surface area contributed by atoms with E-state index < -0.39 is 0 Å². The van der Waals surface area contributed by atoms with Crippen LogP contribution >= 0.6 is 0 Å². The molecular weight excluding hydrogens is 370 g/mol. The number of benzene rings is 1. The van der Waals surface area contributed by atoms with Gasteiger partial charge in [-0.3, -0.25) is 4.79 Å². The summed E-state index contributed by atoms with van der Waals surface area (Å²) in [5.74, 6) is 1.32. The van der Waals surface area contributed by atoms with Crippen LogP contribution in [0.4, 0.5) is 0 Å². The molecule has 152 valence electrons. The maximum atomic E-state index is 12.5. The maximum absolute atomic E-state index is 12.5. The van der Waals surface area contributed by atoms with Crippen LogP contribution in [-0.2, 0) is 22.5 Å². The maximum Gasteiger partial charge on any atom is 0.257 e. The predicted molar refractivity (Wildman–Crippen MR) is 106 cm³/mol. The zero-order valence-corrected chi connectivity index (χ0v) is 16.3. The molecule has 1 aromatic carbocycles. The number of aromatic nitrogens is 4. The highest BCUT2D eigenvalue weighted by Crippen LogP contribution is 2.17. The van der Waals surface area contributed by atoms with Crippen LogP contribution in [0.25, 0.3) is 11.5 Å². The van der Waals surface area contributed by atoms with Gasteiger partial charge in [-0.2, -0.15) is 4.98 Å². The Balaban J connectivity index is 1.21. The topological polar surface area (TPSA) is 86.3 Å². The number of nitrogens with zero attached hydrogens (tertiary/aromatic N) is 5. The zero-order chi connectivity index (χ0) is 19.9. The first-order valence-corrected chi connectivity index (χ1v) is 10.0. The molecule has 1 aliphatic heterocycles. The Morgan fingerprint density at radius 1 is 1.28 bits per heavy atom. The molecule has 8 nitrogen and oxygen atoms in total. The fourth-order valence-electron chi connectivity index (χ4n) is 3.47. The fourth-order valence-corrected chi connectivity index (χ4v) is 3.47. The Labute approximate surface area is 169 Å². The third kappa shape index (κ3) is 5.29. The molecular formula is C21H25N5O3. The van der Waals surface area contributed by atoms with Gasteiger partial charge < -0.3 is 18.7 Å². The molecule has 0 saturated carbocycles. The Bertz CT molecular complexity index is 894. The number of piperidine rings is 1. The summed E-state index contributed by atoms with van der Waals surface area (Å²) < 4.78 is 13.2. The van der Waals surface area contributed by atoms with Crippen molar-refractivity contribution >= 4 is 5.91 Å². The van der Waals surface area contributed by atoms with Gasteiger partial charge in [0.15, 0.2) is 5.82 Å². The van der Waals surface area contributed by atoms with Crippen LogP contribution in [0.15, 0.2) is 53.6 Å². The second-order valence-corrected chi connectivity index (χ2v) is 7.16. The van der Waals surface area contributed by atoms with E-state index in [1.807, 2.05) is 46.0 Å². The Hall–Kier alpha value is -3.00. The average molecular weight is 395 g/mol. The van der Waals surface area contributed by atoms with E-state index >= 15 is 0 Å². The first-order chi connectivity index (χ1) is 14.3. The third-order valence-electron chi connectivity index (χ3n) is 5.04. The second-order valence-electron chi connectivity index (χ2n) is 7.16. The summed E-state index contributed by atoms with van der Waals surface area (Å²) in [6.07, 6.45) is 8.38. The van der Waals surface area contributed by atoms with Crippen molar-refractivity contribution in [2.75, 3.05) is 19.7 Å². The van der Waals surface area contributed by atoms with Crippen molar-refractivity contribution in [3.8, 4) is 11.5 Å². The molecule has 3 heterocycles. The van der Waals surface area contributed by atoms with Crippen LogP contribution in [0.2, 0.25) is 0 Å². The summed E-state index contributed by atoms with van der Waals surface area (Å²) in [6.45, 7) is 2.61. The number of carbonyl (C=O) groups is 1. The molecule has 3 aromatic rings. The molecule has 1 unspecified atom stereocenters. The summed E-state index contributed by atoms with van der Waals surface area (Å²) in [5, 5.41) is 4.03. The van der Waals surface area contributed by atoms with E-state index in [1.165, 1.54) is 0 Å². The van der Waals surface area contributed by atoms with Gasteiger partial charge in [0.05, 0.1) is 19.0 Å². The lowest BCUT2D eigenvalue weighted by molar-refractivity contribution is -0.135. The fraction of sp³-hybridized carbons (Fsp3) is 0.429. The lowest BCUT2D eigenvalue weighted by Gasteiger charge is -2.32. The highest BCUT2D eigenvalue weighted by Gasteiger charge is 2.24. The summed E-state index contributed by atoms with van der Waals surface area (Å²) >= 11 is 0. The number of hydrogen-bond donors (Lipinski definition) is 0. The summed E-state index contributed by atoms with van der Waals surface area (Å²) in [4.78, 5) is 22.8. The first-order valence-electron chi connectivity index (χ1n) is 10.0. The summed E-state index contributed by atoms with van der Waals surface area (Å²) in [6, 6.07) is 9.70. The van der Waals surface area contributed by atoms with Crippen molar-refractivity contribution < 1.29 is 14.1 Å². The minimum atomic E-state index is 0.0569. The average Bonchev–Trinajstić information content (AvgIpc) is 3.45. The molecule has 0 spiro atoms. The van der Waals surface area contributed by atoms with Gasteiger partial charge in [0.25, 0.3) is 5.89 Å². The molecule has 0 bridgehead atoms.